The highest BCUT2D eigenvalue weighted by Gasteiger charge is 2.34. The predicted molar refractivity (Wildman–Crippen MR) is 75.9 cm³/mol. The Morgan fingerprint density at radius 2 is 2.05 bits per heavy atom. The third-order valence-electron chi connectivity index (χ3n) is 3.73. The van der Waals surface area contributed by atoms with Gasteiger partial charge in [0.2, 0.25) is 5.91 Å². The molecule has 0 fully saturated rings. The van der Waals surface area contributed by atoms with Crippen LogP contribution in [0.2, 0.25) is 0 Å². The van der Waals surface area contributed by atoms with Gasteiger partial charge in [-0.25, -0.2) is 0 Å². The Morgan fingerprint density at radius 1 is 1.32 bits per heavy atom. The van der Waals surface area contributed by atoms with Gasteiger partial charge in [-0.1, -0.05) is 30.4 Å². The van der Waals surface area contributed by atoms with Crippen LogP contribution in [-0.2, 0) is 11.0 Å². The number of halogens is 3. The van der Waals surface area contributed by atoms with Gasteiger partial charge in [0.25, 0.3) is 0 Å². The molecule has 0 unspecified atom stereocenters. The molecule has 1 amide bonds. The van der Waals surface area contributed by atoms with Crippen LogP contribution in [0.4, 0.5) is 13.2 Å². The van der Waals surface area contributed by atoms with Gasteiger partial charge in [-0.15, -0.1) is 0 Å². The maximum Gasteiger partial charge on any atom is 0.416 e. The van der Waals surface area contributed by atoms with Crippen molar-refractivity contribution >= 4 is 5.91 Å². The summed E-state index contributed by atoms with van der Waals surface area (Å²) in [6, 6.07) is 4.85. The fraction of sp³-hybridized carbons (Fsp3) is 0.438. The van der Waals surface area contributed by atoms with Gasteiger partial charge in [-0.3, -0.25) is 4.79 Å². The Labute approximate surface area is 126 Å². The van der Waals surface area contributed by atoms with Gasteiger partial charge in [0.1, 0.15) is 0 Å². The van der Waals surface area contributed by atoms with E-state index in [0.29, 0.717) is 6.42 Å². The van der Waals surface area contributed by atoms with E-state index >= 15 is 0 Å². The zero-order valence-corrected chi connectivity index (χ0v) is 11.9. The number of alkyl halides is 3. The van der Waals surface area contributed by atoms with Crippen molar-refractivity contribution in [3.8, 4) is 0 Å². The summed E-state index contributed by atoms with van der Waals surface area (Å²) in [6.07, 6.45) is 0.161. The highest BCUT2D eigenvalue weighted by atomic mass is 19.4. The van der Waals surface area contributed by atoms with Crippen molar-refractivity contribution in [2.45, 2.75) is 31.5 Å². The second kappa shape index (κ2) is 6.96. The van der Waals surface area contributed by atoms with E-state index in [4.69, 9.17) is 0 Å². The van der Waals surface area contributed by atoms with E-state index in [1.54, 1.807) is 0 Å². The first-order chi connectivity index (χ1) is 10.4. The highest BCUT2D eigenvalue weighted by Crippen LogP contribution is 2.34. The lowest BCUT2D eigenvalue weighted by atomic mass is 9.93. The van der Waals surface area contributed by atoms with Gasteiger partial charge in [0, 0.05) is 12.5 Å². The highest BCUT2D eigenvalue weighted by molar-refractivity contribution is 5.79. The minimum Gasteiger partial charge on any atom is -0.387 e. The summed E-state index contributed by atoms with van der Waals surface area (Å²) in [5.74, 6) is -0.400. The maximum absolute atomic E-state index is 12.9. The van der Waals surface area contributed by atoms with Crippen LogP contribution in [0.3, 0.4) is 0 Å². The van der Waals surface area contributed by atoms with Gasteiger partial charge < -0.3 is 10.4 Å². The van der Waals surface area contributed by atoms with Gasteiger partial charge >= 0.3 is 6.18 Å². The first kappa shape index (κ1) is 16.5. The molecular weight excluding hydrogens is 295 g/mol. The summed E-state index contributed by atoms with van der Waals surface area (Å²) in [5, 5.41) is 12.5. The lowest BCUT2D eigenvalue weighted by Gasteiger charge is -2.20. The molecule has 3 nitrogen and oxygen atoms in total. The number of rotatable bonds is 4. The maximum atomic E-state index is 12.9. The number of hydrogen-bond donors (Lipinski definition) is 2. The molecule has 2 N–H and O–H groups in total. The number of hydrogen-bond acceptors (Lipinski definition) is 2. The molecule has 6 heteroatoms. The second-order valence-electron chi connectivity index (χ2n) is 5.33. The summed E-state index contributed by atoms with van der Waals surface area (Å²) >= 11 is 0. The standard InChI is InChI=1S/C16H18F3NO2/c17-16(18,19)13-9-5-4-8-12(13)14(21)10-20-15(22)11-6-2-1-3-7-11/h1-2,4-5,8-9,11,14,21H,3,6-7,10H2,(H,20,22)/t11-,14-/m0/s1. The van der Waals surface area contributed by atoms with Crippen LogP contribution >= 0.6 is 0 Å². The Bertz CT molecular complexity index is 555. The molecule has 2 atom stereocenters. The first-order valence-corrected chi connectivity index (χ1v) is 7.16. The summed E-state index contributed by atoms with van der Waals surface area (Å²) < 4.78 is 38.7. The topological polar surface area (TPSA) is 49.3 Å². The number of amides is 1. The van der Waals surface area contributed by atoms with Crippen LogP contribution in [0, 0.1) is 5.92 Å². The molecule has 1 aliphatic rings. The molecule has 22 heavy (non-hydrogen) atoms. The van der Waals surface area contributed by atoms with Crippen molar-refractivity contribution < 1.29 is 23.1 Å². The molecule has 0 aromatic heterocycles. The van der Waals surface area contributed by atoms with Crippen LogP contribution in [0.1, 0.15) is 36.5 Å². The minimum atomic E-state index is -4.53. The molecule has 0 bridgehead atoms. The van der Waals surface area contributed by atoms with Crippen molar-refractivity contribution in [2.24, 2.45) is 5.92 Å². The molecule has 2 rings (SSSR count). The second-order valence-corrected chi connectivity index (χ2v) is 5.33. The molecule has 0 saturated carbocycles. The van der Waals surface area contributed by atoms with Crippen molar-refractivity contribution in [2.75, 3.05) is 6.54 Å². The van der Waals surface area contributed by atoms with E-state index in [1.807, 2.05) is 12.2 Å². The Balaban J connectivity index is 1.99. The lowest BCUT2D eigenvalue weighted by molar-refractivity contribution is -0.139. The molecule has 0 saturated heterocycles. The molecule has 1 aliphatic carbocycles. The number of nitrogens with one attached hydrogen (secondary N) is 1. The third-order valence-corrected chi connectivity index (χ3v) is 3.73. The Kier molecular flexibility index (Phi) is 5.24. The Hall–Kier alpha value is -1.82. The molecule has 120 valence electrons. The van der Waals surface area contributed by atoms with E-state index in [-0.39, 0.29) is 23.9 Å². The molecule has 1 aromatic carbocycles. The smallest absolute Gasteiger partial charge is 0.387 e. The predicted octanol–water partition coefficient (Wildman–Crippen LogP) is 3.21. The molecule has 0 heterocycles. The van der Waals surface area contributed by atoms with E-state index < -0.39 is 17.8 Å². The summed E-state index contributed by atoms with van der Waals surface area (Å²) in [7, 11) is 0. The van der Waals surface area contributed by atoms with Crippen molar-refractivity contribution in [1.29, 1.82) is 0 Å². The number of aliphatic hydroxyl groups is 1. The number of benzene rings is 1. The average Bonchev–Trinajstić information content (AvgIpc) is 2.52. The van der Waals surface area contributed by atoms with E-state index in [1.165, 1.54) is 18.2 Å². The quantitative estimate of drug-likeness (QED) is 0.839. The zero-order valence-electron chi connectivity index (χ0n) is 11.9. The molecule has 0 radical (unpaired) electrons. The molecular formula is C16H18F3NO2. The number of allylic oxidation sites excluding steroid dienone is 2. The normalized spacial score (nSPS) is 19.7. The molecule has 1 aromatic rings. The number of carbonyl (C=O) groups excluding carboxylic acids is 1. The molecule has 0 aliphatic heterocycles. The molecule has 0 spiro atoms. The van der Waals surface area contributed by atoms with E-state index in [2.05, 4.69) is 5.32 Å². The monoisotopic (exact) mass is 313 g/mol. The van der Waals surface area contributed by atoms with Gasteiger partial charge in [-0.05, 0) is 30.9 Å². The fourth-order valence-corrected chi connectivity index (χ4v) is 2.53. The van der Waals surface area contributed by atoms with Gasteiger partial charge in [-0.2, -0.15) is 13.2 Å². The average molecular weight is 313 g/mol. The SMILES string of the molecule is O=C(NC[C@H](O)c1ccccc1C(F)(F)F)[C@H]1CC=CCC1. The summed E-state index contributed by atoms with van der Waals surface area (Å²) in [5.41, 5.74) is -1.10. The van der Waals surface area contributed by atoms with Gasteiger partial charge in [0.15, 0.2) is 0 Å². The fourth-order valence-electron chi connectivity index (χ4n) is 2.53. The summed E-state index contributed by atoms with van der Waals surface area (Å²) in [6.45, 7) is -0.230. The van der Waals surface area contributed by atoms with Crippen LogP contribution in [0.5, 0.6) is 0 Å². The van der Waals surface area contributed by atoms with Crippen LogP contribution in [0.25, 0.3) is 0 Å². The van der Waals surface area contributed by atoms with Crippen LogP contribution < -0.4 is 5.32 Å². The number of carbonyl (C=O) groups is 1. The van der Waals surface area contributed by atoms with Gasteiger partial charge in [0.05, 0.1) is 11.7 Å². The van der Waals surface area contributed by atoms with Crippen LogP contribution in [-0.4, -0.2) is 17.6 Å². The van der Waals surface area contributed by atoms with Crippen molar-refractivity contribution in [3.05, 3.63) is 47.5 Å². The van der Waals surface area contributed by atoms with Crippen LogP contribution in [0.15, 0.2) is 36.4 Å². The third kappa shape index (κ3) is 4.10. The Morgan fingerprint density at radius 3 is 2.68 bits per heavy atom. The number of aliphatic hydroxyl groups excluding tert-OH is 1. The van der Waals surface area contributed by atoms with Crippen molar-refractivity contribution in [1.82, 2.24) is 5.32 Å². The van der Waals surface area contributed by atoms with E-state index in [0.717, 1.165) is 18.9 Å². The largest absolute Gasteiger partial charge is 0.416 e. The first-order valence-electron chi connectivity index (χ1n) is 7.16. The van der Waals surface area contributed by atoms with Crippen molar-refractivity contribution in [3.63, 3.8) is 0 Å². The lowest BCUT2D eigenvalue weighted by Crippen LogP contribution is -2.34. The minimum absolute atomic E-state index is 0.171. The van der Waals surface area contributed by atoms with E-state index in [9.17, 15) is 23.1 Å². The summed E-state index contributed by atoms with van der Waals surface area (Å²) in [4.78, 5) is 11.9. The zero-order chi connectivity index (χ0) is 16.2.